The summed E-state index contributed by atoms with van der Waals surface area (Å²) in [5, 5.41) is 8.73. The predicted octanol–water partition coefficient (Wildman–Crippen LogP) is 3.23. The van der Waals surface area contributed by atoms with Crippen molar-refractivity contribution in [3.63, 3.8) is 0 Å². The van der Waals surface area contributed by atoms with Gasteiger partial charge >= 0.3 is 6.18 Å². The summed E-state index contributed by atoms with van der Waals surface area (Å²) in [6.45, 7) is 1.61. The Balaban J connectivity index is 3.28. The first kappa shape index (κ1) is 16.8. The molecule has 0 aliphatic heterocycles. The summed E-state index contributed by atoms with van der Waals surface area (Å²) in [7, 11) is -3.77. The Hall–Kier alpha value is -1.26. The fourth-order valence-corrected chi connectivity index (χ4v) is 3.44. The highest BCUT2D eigenvalue weighted by Crippen LogP contribution is 2.33. The van der Waals surface area contributed by atoms with Crippen LogP contribution in [0, 0.1) is 17.2 Å². The van der Waals surface area contributed by atoms with Crippen LogP contribution in [-0.4, -0.2) is 20.1 Å². The molecular formula is C12H11ClF3NO2S. The third-order valence-electron chi connectivity index (χ3n) is 2.54. The first-order valence-electron chi connectivity index (χ1n) is 5.52. The number of hydrogen-bond acceptors (Lipinski definition) is 3. The number of hydrogen-bond donors (Lipinski definition) is 0. The smallest absolute Gasteiger partial charge is 0.224 e. The molecule has 0 saturated carbocycles. The van der Waals surface area contributed by atoms with Crippen molar-refractivity contribution in [2.45, 2.75) is 18.0 Å². The van der Waals surface area contributed by atoms with E-state index in [2.05, 4.69) is 0 Å². The summed E-state index contributed by atoms with van der Waals surface area (Å²) in [6, 6.07) is 3.59. The second-order valence-electron chi connectivity index (χ2n) is 4.36. The van der Waals surface area contributed by atoms with E-state index in [1.807, 2.05) is 0 Å². The quantitative estimate of drug-likeness (QED) is 0.799. The molecule has 0 aliphatic carbocycles. The van der Waals surface area contributed by atoms with Crippen molar-refractivity contribution in [3.05, 3.63) is 29.3 Å². The molecule has 1 rings (SSSR count). The lowest BCUT2D eigenvalue weighted by Crippen LogP contribution is -2.16. The minimum atomic E-state index is -4.70. The zero-order valence-electron chi connectivity index (χ0n) is 10.4. The second-order valence-corrected chi connectivity index (χ2v) is 6.70. The van der Waals surface area contributed by atoms with Crippen LogP contribution >= 0.6 is 11.6 Å². The molecule has 0 amide bonds. The van der Waals surface area contributed by atoms with Crippen LogP contribution in [0.2, 0.25) is 0 Å². The fourth-order valence-electron chi connectivity index (χ4n) is 1.57. The molecule has 0 aromatic heterocycles. The van der Waals surface area contributed by atoms with E-state index in [-0.39, 0.29) is 22.4 Å². The first-order chi connectivity index (χ1) is 9.11. The molecule has 0 spiro atoms. The third-order valence-corrected chi connectivity index (χ3v) is 5.05. The van der Waals surface area contributed by atoms with Gasteiger partial charge in [-0.15, -0.1) is 11.6 Å². The van der Waals surface area contributed by atoms with Gasteiger partial charge in [-0.3, -0.25) is 0 Å². The molecular weight excluding hydrogens is 315 g/mol. The van der Waals surface area contributed by atoms with Crippen LogP contribution in [-0.2, 0) is 16.0 Å². The number of benzene rings is 1. The van der Waals surface area contributed by atoms with Gasteiger partial charge in [-0.05, 0) is 24.1 Å². The topological polar surface area (TPSA) is 57.9 Å². The van der Waals surface area contributed by atoms with Crippen molar-refractivity contribution in [1.29, 1.82) is 5.26 Å². The molecule has 1 aromatic carbocycles. The molecule has 3 nitrogen and oxygen atoms in total. The van der Waals surface area contributed by atoms with Crippen molar-refractivity contribution in [2.75, 3.05) is 11.6 Å². The number of nitrogens with zero attached hydrogens (tertiary/aromatic N) is 1. The Morgan fingerprint density at radius 1 is 1.40 bits per heavy atom. The molecule has 0 N–H and O–H groups in total. The standard InChI is InChI=1S/C12H11ClF3NO2S/c1-8(5-13)7-20(18,19)10-2-3-11(12(14,15)16)9(4-10)6-17/h2-4,8H,5,7H2,1H3. The van der Waals surface area contributed by atoms with Crippen LogP contribution in [0.1, 0.15) is 18.1 Å². The van der Waals surface area contributed by atoms with Crippen LogP contribution in [0.4, 0.5) is 13.2 Å². The van der Waals surface area contributed by atoms with E-state index in [4.69, 9.17) is 16.9 Å². The van der Waals surface area contributed by atoms with E-state index in [1.165, 1.54) is 6.07 Å². The van der Waals surface area contributed by atoms with Gasteiger partial charge in [0.15, 0.2) is 9.84 Å². The van der Waals surface area contributed by atoms with Crippen molar-refractivity contribution in [2.24, 2.45) is 5.92 Å². The SMILES string of the molecule is CC(CCl)CS(=O)(=O)c1ccc(C(F)(F)F)c(C#N)c1. The summed E-state index contributed by atoms with van der Waals surface area (Å²) in [4.78, 5) is -0.306. The van der Waals surface area contributed by atoms with Crippen molar-refractivity contribution in [1.82, 2.24) is 0 Å². The summed E-state index contributed by atoms with van der Waals surface area (Å²) in [5.41, 5.74) is -1.86. The van der Waals surface area contributed by atoms with Crippen LogP contribution < -0.4 is 0 Å². The zero-order valence-corrected chi connectivity index (χ0v) is 12.0. The van der Waals surface area contributed by atoms with Crippen LogP contribution in [0.5, 0.6) is 0 Å². The van der Waals surface area contributed by atoms with Gasteiger partial charge in [-0.25, -0.2) is 8.42 Å². The molecule has 0 aliphatic rings. The molecule has 0 bridgehead atoms. The van der Waals surface area contributed by atoms with E-state index >= 15 is 0 Å². The predicted molar refractivity (Wildman–Crippen MR) is 68.1 cm³/mol. The first-order valence-corrected chi connectivity index (χ1v) is 7.70. The Labute approximate surface area is 119 Å². The Morgan fingerprint density at radius 2 is 2.00 bits per heavy atom. The number of rotatable bonds is 4. The van der Waals surface area contributed by atoms with Crippen molar-refractivity contribution in [3.8, 4) is 6.07 Å². The highest BCUT2D eigenvalue weighted by molar-refractivity contribution is 7.91. The molecule has 0 radical (unpaired) electrons. The lowest BCUT2D eigenvalue weighted by molar-refractivity contribution is -0.137. The maximum absolute atomic E-state index is 12.6. The summed E-state index contributed by atoms with van der Waals surface area (Å²) >= 11 is 5.52. The van der Waals surface area contributed by atoms with E-state index in [1.54, 1.807) is 6.92 Å². The van der Waals surface area contributed by atoms with E-state index in [9.17, 15) is 21.6 Å². The molecule has 1 atom stereocenters. The number of halogens is 4. The Morgan fingerprint density at radius 3 is 2.45 bits per heavy atom. The van der Waals surface area contributed by atoms with Gasteiger partial charge < -0.3 is 0 Å². The minimum Gasteiger partial charge on any atom is -0.224 e. The number of sulfone groups is 1. The van der Waals surface area contributed by atoms with Gasteiger partial charge in [0.05, 0.1) is 27.8 Å². The average Bonchev–Trinajstić information content (AvgIpc) is 2.36. The highest BCUT2D eigenvalue weighted by atomic mass is 35.5. The number of alkyl halides is 4. The Kier molecular flexibility index (Phi) is 5.05. The average molecular weight is 326 g/mol. The van der Waals surface area contributed by atoms with Gasteiger partial charge in [0.2, 0.25) is 0 Å². The lowest BCUT2D eigenvalue weighted by Gasteiger charge is -2.12. The minimum absolute atomic E-state index is 0.116. The molecule has 1 unspecified atom stereocenters. The molecule has 0 saturated heterocycles. The van der Waals surface area contributed by atoms with Crippen molar-refractivity contribution < 1.29 is 21.6 Å². The highest BCUT2D eigenvalue weighted by Gasteiger charge is 2.34. The summed E-state index contributed by atoms with van der Waals surface area (Å²) in [5.74, 6) is -0.507. The second kappa shape index (κ2) is 6.02. The van der Waals surface area contributed by atoms with Crippen LogP contribution in [0.25, 0.3) is 0 Å². The molecule has 110 valence electrons. The van der Waals surface area contributed by atoms with Crippen LogP contribution in [0.3, 0.4) is 0 Å². The maximum Gasteiger partial charge on any atom is 0.417 e. The number of nitriles is 1. The molecule has 0 heterocycles. The molecule has 8 heteroatoms. The van der Waals surface area contributed by atoms with Crippen molar-refractivity contribution >= 4 is 21.4 Å². The van der Waals surface area contributed by atoms with Gasteiger partial charge in [0.25, 0.3) is 0 Å². The Bertz CT molecular complexity index is 635. The monoisotopic (exact) mass is 325 g/mol. The third kappa shape index (κ3) is 3.87. The summed E-state index contributed by atoms with van der Waals surface area (Å²) in [6.07, 6.45) is -4.70. The molecule has 1 aromatic rings. The fraction of sp³-hybridized carbons (Fsp3) is 0.417. The molecule has 20 heavy (non-hydrogen) atoms. The normalized spacial score (nSPS) is 13.8. The molecule has 0 fully saturated rings. The van der Waals surface area contributed by atoms with Gasteiger partial charge in [0, 0.05) is 5.88 Å². The largest absolute Gasteiger partial charge is 0.417 e. The zero-order chi connectivity index (χ0) is 15.6. The van der Waals surface area contributed by atoms with Crippen LogP contribution in [0.15, 0.2) is 23.1 Å². The van der Waals surface area contributed by atoms with E-state index in [0.29, 0.717) is 6.07 Å². The lowest BCUT2D eigenvalue weighted by atomic mass is 10.1. The van der Waals surface area contributed by atoms with Gasteiger partial charge in [-0.1, -0.05) is 6.92 Å². The summed E-state index contributed by atoms with van der Waals surface area (Å²) < 4.78 is 61.8. The van der Waals surface area contributed by atoms with Gasteiger partial charge in [0.1, 0.15) is 0 Å². The maximum atomic E-state index is 12.6. The van der Waals surface area contributed by atoms with E-state index in [0.717, 1.165) is 12.1 Å². The van der Waals surface area contributed by atoms with Gasteiger partial charge in [-0.2, -0.15) is 18.4 Å². The van der Waals surface area contributed by atoms with E-state index < -0.39 is 27.1 Å².